The molecule has 1 aliphatic rings. The SMILES string of the molecule is COc1ccc(CCCC[C@@]2(O)O[C@H](COC(C)=O)[C@@H](OC(C)=O)[C@H](OC(C)=O)[C@H]2OC(C)=O)cc1. The topological polar surface area (TPSA) is 144 Å². The van der Waals surface area contributed by atoms with E-state index in [2.05, 4.69) is 0 Å². The second-order valence-corrected chi connectivity index (χ2v) is 8.54. The summed E-state index contributed by atoms with van der Waals surface area (Å²) in [5.74, 6) is -4.27. The fourth-order valence-electron chi connectivity index (χ4n) is 4.06. The normalized spacial score (nSPS) is 25.4. The van der Waals surface area contributed by atoms with Crippen LogP contribution in [0.4, 0.5) is 0 Å². The molecule has 11 heteroatoms. The highest BCUT2D eigenvalue weighted by molar-refractivity contribution is 5.68. The molecule has 1 aromatic carbocycles. The third-order valence-electron chi connectivity index (χ3n) is 5.55. The van der Waals surface area contributed by atoms with Crippen molar-refractivity contribution < 1.29 is 52.7 Å². The number of carbonyl (C=O) groups is 4. The van der Waals surface area contributed by atoms with Crippen molar-refractivity contribution in [2.24, 2.45) is 0 Å². The van der Waals surface area contributed by atoms with Crippen LogP contribution in [0.15, 0.2) is 24.3 Å². The number of unbranched alkanes of at least 4 members (excludes halogenated alkanes) is 1. The van der Waals surface area contributed by atoms with Crippen molar-refractivity contribution >= 4 is 23.9 Å². The first kappa shape index (κ1) is 29.1. The zero-order valence-corrected chi connectivity index (χ0v) is 21.2. The average Bonchev–Trinajstić information content (AvgIpc) is 2.79. The van der Waals surface area contributed by atoms with Crippen molar-refractivity contribution in [3.8, 4) is 5.75 Å². The van der Waals surface area contributed by atoms with Crippen LogP contribution in [0.25, 0.3) is 0 Å². The molecule has 2 rings (SSSR count). The summed E-state index contributed by atoms with van der Waals surface area (Å²) in [6.07, 6.45) is -3.65. The van der Waals surface area contributed by atoms with Gasteiger partial charge < -0.3 is 33.5 Å². The molecule has 11 nitrogen and oxygen atoms in total. The zero-order valence-electron chi connectivity index (χ0n) is 21.2. The van der Waals surface area contributed by atoms with Crippen LogP contribution in [0.2, 0.25) is 0 Å². The molecule has 5 atom stereocenters. The quantitative estimate of drug-likeness (QED) is 0.265. The van der Waals surface area contributed by atoms with Gasteiger partial charge in [0.05, 0.1) is 7.11 Å². The summed E-state index contributed by atoms with van der Waals surface area (Å²) in [6.45, 7) is 4.17. The fourth-order valence-corrected chi connectivity index (χ4v) is 4.06. The number of benzene rings is 1. The van der Waals surface area contributed by atoms with Gasteiger partial charge in [0.1, 0.15) is 18.5 Å². The van der Waals surface area contributed by atoms with Crippen LogP contribution in [0.5, 0.6) is 5.75 Å². The molecule has 0 amide bonds. The Bertz CT molecular complexity index is 913. The minimum Gasteiger partial charge on any atom is -0.497 e. The van der Waals surface area contributed by atoms with E-state index in [4.69, 9.17) is 28.4 Å². The van der Waals surface area contributed by atoms with Crippen molar-refractivity contribution in [3.05, 3.63) is 29.8 Å². The zero-order chi connectivity index (χ0) is 26.9. The second kappa shape index (κ2) is 13.2. The van der Waals surface area contributed by atoms with Crippen molar-refractivity contribution in [3.63, 3.8) is 0 Å². The lowest BCUT2D eigenvalue weighted by Crippen LogP contribution is -2.68. The number of aryl methyl sites for hydroxylation is 1. The smallest absolute Gasteiger partial charge is 0.303 e. The van der Waals surface area contributed by atoms with Gasteiger partial charge in [-0.25, -0.2) is 0 Å². The van der Waals surface area contributed by atoms with Gasteiger partial charge in [-0.2, -0.15) is 0 Å². The van der Waals surface area contributed by atoms with Gasteiger partial charge in [0.2, 0.25) is 5.79 Å². The Kier molecular flexibility index (Phi) is 10.7. The lowest BCUT2D eigenvalue weighted by molar-refractivity contribution is -0.354. The number of esters is 4. The summed E-state index contributed by atoms with van der Waals surface area (Å²) >= 11 is 0. The molecule has 1 aromatic rings. The number of hydrogen-bond donors (Lipinski definition) is 1. The molecule has 0 saturated carbocycles. The van der Waals surface area contributed by atoms with E-state index < -0.39 is 60.7 Å². The van der Waals surface area contributed by atoms with Gasteiger partial charge in [0.25, 0.3) is 0 Å². The molecule has 1 aliphatic heterocycles. The molecule has 0 unspecified atom stereocenters. The number of rotatable bonds is 11. The Labute approximate surface area is 209 Å². The minimum absolute atomic E-state index is 0.0117. The highest BCUT2D eigenvalue weighted by Gasteiger charge is 2.59. The van der Waals surface area contributed by atoms with Crippen LogP contribution in [0.1, 0.15) is 52.5 Å². The van der Waals surface area contributed by atoms with E-state index in [1.165, 1.54) is 6.92 Å². The molecule has 1 heterocycles. The predicted octanol–water partition coefficient (Wildman–Crippen LogP) is 1.85. The average molecular weight is 511 g/mol. The molecule has 0 bridgehead atoms. The van der Waals surface area contributed by atoms with Crippen molar-refractivity contribution in [1.29, 1.82) is 0 Å². The largest absolute Gasteiger partial charge is 0.497 e. The van der Waals surface area contributed by atoms with Gasteiger partial charge in [0.15, 0.2) is 18.3 Å². The molecule has 200 valence electrons. The summed E-state index contributed by atoms with van der Waals surface area (Å²) < 4.78 is 32.1. The summed E-state index contributed by atoms with van der Waals surface area (Å²) in [5, 5.41) is 11.5. The number of aliphatic hydroxyl groups is 1. The van der Waals surface area contributed by atoms with E-state index in [0.717, 1.165) is 32.1 Å². The van der Waals surface area contributed by atoms with E-state index in [1.807, 2.05) is 24.3 Å². The molecule has 0 spiro atoms. The lowest BCUT2D eigenvalue weighted by atomic mass is 9.88. The van der Waals surface area contributed by atoms with E-state index in [0.29, 0.717) is 19.3 Å². The molecule has 1 fully saturated rings. The highest BCUT2D eigenvalue weighted by Crippen LogP contribution is 2.37. The van der Waals surface area contributed by atoms with Gasteiger partial charge in [-0.05, 0) is 37.0 Å². The number of hydrogen-bond acceptors (Lipinski definition) is 11. The van der Waals surface area contributed by atoms with Crippen LogP contribution in [0.3, 0.4) is 0 Å². The Morgan fingerprint density at radius 2 is 1.44 bits per heavy atom. The van der Waals surface area contributed by atoms with Crippen LogP contribution in [-0.2, 0) is 49.3 Å². The number of ether oxygens (including phenoxy) is 6. The maximum absolute atomic E-state index is 11.9. The van der Waals surface area contributed by atoms with Gasteiger partial charge >= 0.3 is 23.9 Å². The van der Waals surface area contributed by atoms with Crippen molar-refractivity contribution in [1.82, 2.24) is 0 Å². The summed E-state index contributed by atoms with van der Waals surface area (Å²) in [7, 11) is 1.59. The maximum Gasteiger partial charge on any atom is 0.303 e. The molecule has 1 N–H and O–H groups in total. The summed E-state index contributed by atoms with van der Waals surface area (Å²) in [5.41, 5.74) is 1.06. The Morgan fingerprint density at radius 3 is 1.97 bits per heavy atom. The first-order chi connectivity index (χ1) is 16.9. The third-order valence-corrected chi connectivity index (χ3v) is 5.55. The summed E-state index contributed by atoms with van der Waals surface area (Å²) in [6, 6.07) is 7.56. The van der Waals surface area contributed by atoms with Crippen molar-refractivity contribution in [2.45, 2.75) is 83.6 Å². The number of carbonyl (C=O) groups excluding carboxylic acids is 4. The second-order valence-electron chi connectivity index (χ2n) is 8.54. The molecular formula is C25H34O11. The van der Waals surface area contributed by atoms with E-state index >= 15 is 0 Å². The third kappa shape index (κ3) is 8.49. The van der Waals surface area contributed by atoms with E-state index in [-0.39, 0.29) is 6.42 Å². The van der Waals surface area contributed by atoms with Gasteiger partial charge in [-0.1, -0.05) is 12.1 Å². The molecule has 0 radical (unpaired) electrons. The van der Waals surface area contributed by atoms with Gasteiger partial charge in [-0.3, -0.25) is 19.2 Å². The Morgan fingerprint density at radius 1 is 0.861 bits per heavy atom. The Hall–Kier alpha value is -3.18. The summed E-state index contributed by atoms with van der Waals surface area (Å²) in [4.78, 5) is 47.0. The Balaban J connectivity index is 2.27. The van der Waals surface area contributed by atoms with E-state index in [1.54, 1.807) is 7.11 Å². The van der Waals surface area contributed by atoms with E-state index in [9.17, 15) is 24.3 Å². The van der Waals surface area contributed by atoms with Crippen LogP contribution >= 0.6 is 0 Å². The molecule has 0 aliphatic carbocycles. The predicted molar refractivity (Wildman–Crippen MR) is 124 cm³/mol. The van der Waals surface area contributed by atoms with Crippen molar-refractivity contribution in [2.75, 3.05) is 13.7 Å². The first-order valence-electron chi connectivity index (χ1n) is 11.6. The van der Waals surface area contributed by atoms with Gasteiger partial charge in [0, 0.05) is 34.1 Å². The fraction of sp³-hybridized carbons (Fsp3) is 0.600. The van der Waals surface area contributed by atoms with Crippen LogP contribution < -0.4 is 4.74 Å². The van der Waals surface area contributed by atoms with Crippen LogP contribution in [-0.4, -0.2) is 72.9 Å². The minimum atomic E-state index is -2.12. The molecular weight excluding hydrogens is 476 g/mol. The van der Waals surface area contributed by atoms with Gasteiger partial charge in [-0.15, -0.1) is 0 Å². The highest BCUT2D eigenvalue weighted by atomic mass is 16.7. The molecule has 36 heavy (non-hydrogen) atoms. The molecule has 1 saturated heterocycles. The monoisotopic (exact) mass is 510 g/mol. The standard InChI is InChI=1S/C25H34O11/c1-15(26)32-14-21-22(33-16(2)27)23(34-17(3)28)24(35-18(4)29)25(30,36-21)13-7-6-8-19-9-11-20(31-5)12-10-19/h9-12,21-24,30H,6-8,13-14H2,1-5H3/t21-,22-,23+,24-,25-/m1/s1. The first-order valence-corrected chi connectivity index (χ1v) is 11.6. The molecule has 0 aromatic heterocycles. The lowest BCUT2D eigenvalue weighted by Gasteiger charge is -2.48. The maximum atomic E-state index is 11.9. The number of methoxy groups -OCH3 is 1. The van der Waals surface area contributed by atoms with Crippen LogP contribution in [0, 0.1) is 0 Å².